The molecule has 1 atom stereocenters. The molecule has 1 aliphatic rings. The molecule has 0 saturated carbocycles. The minimum absolute atomic E-state index is 0.0404. The van der Waals surface area contributed by atoms with Gasteiger partial charge in [0, 0.05) is 30.3 Å². The second kappa shape index (κ2) is 8.67. The van der Waals surface area contributed by atoms with Gasteiger partial charge in [0.15, 0.2) is 17.7 Å². The van der Waals surface area contributed by atoms with E-state index in [2.05, 4.69) is 5.32 Å². The van der Waals surface area contributed by atoms with E-state index in [0.29, 0.717) is 25.9 Å². The minimum atomic E-state index is -1.09. The van der Waals surface area contributed by atoms with Gasteiger partial charge in [-0.3, -0.25) is 14.4 Å². The number of nitrogens with one attached hydrogen (secondary N) is 1. The van der Waals surface area contributed by atoms with E-state index in [1.807, 2.05) is 20.8 Å². The highest BCUT2D eigenvalue weighted by Crippen LogP contribution is 2.24. The van der Waals surface area contributed by atoms with Gasteiger partial charge in [0.1, 0.15) is 0 Å². The van der Waals surface area contributed by atoms with Crippen molar-refractivity contribution < 1.29 is 27.9 Å². The molecule has 1 aliphatic heterocycles. The number of anilines is 1. The molecular formula is C20H26F2N2O4. The van der Waals surface area contributed by atoms with Gasteiger partial charge in [-0.2, -0.15) is 0 Å². The topological polar surface area (TPSA) is 75.7 Å². The van der Waals surface area contributed by atoms with Gasteiger partial charge >= 0.3 is 5.97 Å². The van der Waals surface area contributed by atoms with Gasteiger partial charge in [-0.05, 0) is 31.9 Å². The highest BCUT2D eigenvalue weighted by atomic mass is 19.2. The Morgan fingerprint density at radius 3 is 2.29 bits per heavy atom. The maximum atomic E-state index is 13.2. The van der Waals surface area contributed by atoms with Crippen LogP contribution in [0.5, 0.6) is 0 Å². The average molecular weight is 396 g/mol. The molecule has 2 amide bonds. The average Bonchev–Trinajstić information content (AvgIpc) is 2.63. The fourth-order valence-corrected chi connectivity index (χ4v) is 2.93. The van der Waals surface area contributed by atoms with Crippen molar-refractivity contribution in [1.29, 1.82) is 0 Å². The van der Waals surface area contributed by atoms with E-state index in [1.165, 1.54) is 13.0 Å². The number of piperidine rings is 1. The number of likely N-dealkylation sites (tertiary alicyclic amines) is 1. The first-order valence-electron chi connectivity index (χ1n) is 9.25. The number of carbonyl (C=O) groups is 3. The minimum Gasteiger partial charge on any atom is -0.452 e. The van der Waals surface area contributed by atoms with Crippen LogP contribution in [0.4, 0.5) is 14.5 Å². The van der Waals surface area contributed by atoms with Crippen molar-refractivity contribution in [3.05, 3.63) is 29.8 Å². The molecule has 0 bridgehead atoms. The molecule has 154 valence electrons. The van der Waals surface area contributed by atoms with Crippen molar-refractivity contribution in [3.8, 4) is 0 Å². The molecule has 1 aromatic carbocycles. The summed E-state index contributed by atoms with van der Waals surface area (Å²) in [6.45, 7) is 7.89. The number of hydrogen-bond acceptors (Lipinski definition) is 4. The van der Waals surface area contributed by atoms with Crippen LogP contribution in [-0.2, 0) is 19.1 Å². The summed E-state index contributed by atoms with van der Waals surface area (Å²) in [4.78, 5) is 38.5. The monoisotopic (exact) mass is 396 g/mol. The first-order valence-corrected chi connectivity index (χ1v) is 9.25. The molecule has 8 heteroatoms. The first kappa shape index (κ1) is 21.8. The number of ether oxygens (including phenoxy) is 1. The molecule has 1 N–H and O–H groups in total. The molecule has 0 spiro atoms. The molecule has 6 nitrogen and oxygen atoms in total. The summed E-state index contributed by atoms with van der Waals surface area (Å²) in [5, 5.41) is 2.38. The summed E-state index contributed by atoms with van der Waals surface area (Å²) in [5.41, 5.74) is -0.402. The molecule has 1 saturated heterocycles. The SMILES string of the molecule is C[C@@H](OC(=O)C1CCN(C(=O)C(C)(C)C)CC1)C(=O)Nc1ccc(F)c(F)c1. The van der Waals surface area contributed by atoms with Crippen LogP contribution in [0.3, 0.4) is 0 Å². The number of nitrogens with zero attached hydrogens (tertiary/aromatic N) is 1. The summed E-state index contributed by atoms with van der Waals surface area (Å²) in [6, 6.07) is 2.96. The van der Waals surface area contributed by atoms with Gasteiger partial charge in [-0.25, -0.2) is 8.78 Å². The Hall–Kier alpha value is -2.51. The zero-order chi connectivity index (χ0) is 21.1. The van der Waals surface area contributed by atoms with E-state index >= 15 is 0 Å². The second-order valence-electron chi connectivity index (χ2n) is 8.01. The van der Waals surface area contributed by atoms with Crippen molar-refractivity contribution in [1.82, 2.24) is 4.90 Å². The van der Waals surface area contributed by atoms with E-state index in [9.17, 15) is 23.2 Å². The fraction of sp³-hybridized carbons (Fsp3) is 0.550. The van der Waals surface area contributed by atoms with Crippen molar-refractivity contribution in [2.75, 3.05) is 18.4 Å². The molecule has 1 aromatic rings. The second-order valence-corrected chi connectivity index (χ2v) is 8.01. The largest absolute Gasteiger partial charge is 0.452 e. The Labute approximate surface area is 163 Å². The van der Waals surface area contributed by atoms with Gasteiger partial charge < -0.3 is 15.0 Å². The van der Waals surface area contributed by atoms with E-state index in [-0.39, 0.29) is 17.5 Å². The van der Waals surface area contributed by atoms with E-state index in [1.54, 1.807) is 4.90 Å². The van der Waals surface area contributed by atoms with Crippen LogP contribution in [-0.4, -0.2) is 41.9 Å². The van der Waals surface area contributed by atoms with Crippen LogP contribution < -0.4 is 5.32 Å². The molecule has 0 aromatic heterocycles. The smallest absolute Gasteiger partial charge is 0.309 e. The Kier molecular flexibility index (Phi) is 6.74. The molecule has 0 unspecified atom stereocenters. The molecule has 28 heavy (non-hydrogen) atoms. The Balaban J connectivity index is 1.84. The number of carbonyl (C=O) groups excluding carboxylic acids is 3. The van der Waals surface area contributed by atoms with Crippen LogP contribution in [0.25, 0.3) is 0 Å². The lowest BCUT2D eigenvalue weighted by atomic mass is 9.91. The summed E-state index contributed by atoms with van der Waals surface area (Å²) >= 11 is 0. The lowest BCUT2D eigenvalue weighted by molar-refractivity contribution is -0.160. The zero-order valence-corrected chi connectivity index (χ0v) is 16.6. The Morgan fingerprint density at radius 2 is 1.75 bits per heavy atom. The highest BCUT2D eigenvalue weighted by Gasteiger charge is 2.33. The summed E-state index contributed by atoms with van der Waals surface area (Å²) in [5.74, 6) is -3.59. The van der Waals surface area contributed by atoms with Crippen molar-refractivity contribution in [3.63, 3.8) is 0 Å². The van der Waals surface area contributed by atoms with Crippen molar-refractivity contribution >= 4 is 23.5 Å². The maximum Gasteiger partial charge on any atom is 0.309 e. The Bertz CT molecular complexity index is 753. The number of hydrogen-bond donors (Lipinski definition) is 1. The first-order chi connectivity index (χ1) is 13.0. The van der Waals surface area contributed by atoms with E-state index in [0.717, 1.165) is 12.1 Å². The van der Waals surface area contributed by atoms with Crippen LogP contribution in [0.2, 0.25) is 0 Å². The molecule has 1 heterocycles. The van der Waals surface area contributed by atoms with Gasteiger partial charge in [0.05, 0.1) is 5.92 Å². The number of esters is 1. The van der Waals surface area contributed by atoms with Gasteiger partial charge in [0.25, 0.3) is 5.91 Å². The number of amides is 2. The van der Waals surface area contributed by atoms with Crippen LogP contribution >= 0.6 is 0 Å². The van der Waals surface area contributed by atoms with Crippen LogP contribution in [0.15, 0.2) is 18.2 Å². The van der Waals surface area contributed by atoms with Crippen LogP contribution in [0, 0.1) is 23.0 Å². The third kappa shape index (κ3) is 5.50. The fourth-order valence-electron chi connectivity index (χ4n) is 2.93. The van der Waals surface area contributed by atoms with Crippen molar-refractivity contribution in [2.24, 2.45) is 11.3 Å². The molecule has 0 aliphatic carbocycles. The number of halogens is 2. The summed E-state index contributed by atoms with van der Waals surface area (Å²) in [7, 11) is 0. The lowest BCUT2D eigenvalue weighted by Crippen LogP contribution is -2.45. The predicted molar refractivity (Wildman–Crippen MR) is 99.3 cm³/mol. The van der Waals surface area contributed by atoms with Gasteiger partial charge in [-0.15, -0.1) is 0 Å². The summed E-state index contributed by atoms with van der Waals surface area (Å²) in [6.07, 6.45) is -0.147. The van der Waals surface area contributed by atoms with Gasteiger partial charge in [-0.1, -0.05) is 20.8 Å². The number of benzene rings is 1. The normalized spacial score (nSPS) is 16.4. The van der Waals surface area contributed by atoms with E-state index < -0.39 is 35.0 Å². The summed E-state index contributed by atoms with van der Waals surface area (Å²) < 4.78 is 31.4. The zero-order valence-electron chi connectivity index (χ0n) is 16.6. The third-order valence-corrected chi connectivity index (χ3v) is 4.61. The van der Waals surface area contributed by atoms with Crippen molar-refractivity contribution in [2.45, 2.75) is 46.6 Å². The highest BCUT2D eigenvalue weighted by molar-refractivity contribution is 5.95. The van der Waals surface area contributed by atoms with Crippen LogP contribution in [0.1, 0.15) is 40.5 Å². The molecule has 0 radical (unpaired) electrons. The Morgan fingerprint density at radius 1 is 1.14 bits per heavy atom. The standard InChI is InChI=1S/C20H26F2N2O4/c1-12(17(25)23-14-5-6-15(21)16(22)11-14)28-18(26)13-7-9-24(10-8-13)19(27)20(2,3)4/h5-6,11-13H,7-10H2,1-4H3,(H,23,25)/t12-/m1/s1. The van der Waals surface area contributed by atoms with E-state index in [4.69, 9.17) is 4.74 Å². The molecule has 1 fully saturated rings. The predicted octanol–water partition coefficient (Wildman–Crippen LogP) is 3.12. The maximum absolute atomic E-state index is 13.2. The molecule has 2 rings (SSSR count). The quantitative estimate of drug-likeness (QED) is 0.794. The van der Waals surface area contributed by atoms with Gasteiger partial charge in [0.2, 0.25) is 5.91 Å². The molecular weight excluding hydrogens is 370 g/mol. The third-order valence-electron chi connectivity index (χ3n) is 4.61. The number of rotatable bonds is 4. The lowest BCUT2D eigenvalue weighted by Gasteiger charge is -2.35.